The molecule has 21 heavy (non-hydrogen) atoms. The fourth-order valence-electron chi connectivity index (χ4n) is 2.69. The number of aromatic nitrogens is 1. The Labute approximate surface area is 132 Å². The van der Waals surface area contributed by atoms with E-state index in [2.05, 4.69) is 32.7 Å². The zero-order valence-corrected chi connectivity index (χ0v) is 13.5. The van der Waals surface area contributed by atoms with Crippen molar-refractivity contribution in [3.63, 3.8) is 0 Å². The van der Waals surface area contributed by atoms with Crippen LogP contribution in [0.5, 0.6) is 0 Å². The van der Waals surface area contributed by atoms with Crippen LogP contribution in [0.25, 0.3) is 0 Å². The maximum absolute atomic E-state index is 12.3. The highest BCUT2D eigenvalue weighted by Crippen LogP contribution is 2.20. The molecule has 1 aliphatic heterocycles. The Balaban J connectivity index is 1.49. The van der Waals surface area contributed by atoms with Crippen LogP contribution in [0.1, 0.15) is 17.7 Å². The summed E-state index contributed by atoms with van der Waals surface area (Å²) in [4.78, 5) is 20.2. The number of hydrogen-bond acceptors (Lipinski definition) is 5. The maximum Gasteiger partial charge on any atom is 0.230 e. The number of likely N-dealkylation sites (tertiary alicyclic amines) is 1. The molecule has 0 bridgehead atoms. The van der Waals surface area contributed by atoms with Gasteiger partial charge in [-0.3, -0.25) is 4.79 Å². The van der Waals surface area contributed by atoms with Crippen LogP contribution in [-0.2, 0) is 11.2 Å². The molecule has 2 aromatic heterocycles. The lowest BCUT2D eigenvalue weighted by molar-refractivity contribution is -0.121. The Morgan fingerprint density at radius 2 is 2.38 bits per heavy atom. The van der Waals surface area contributed by atoms with E-state index in [4.69, 9.17) is 0 Å². The predicted octanol–water partition coefficient (Wildman–Crippen LogP) is 3.10. The van der Waals surface area contributed by atoms with E-state index in [1.54, 1.807) is 6.20 Å². The molecule has 0 aromatic carbocycles. The number of amides is 1. The highest BCUT2D eigenvalue weighted by molar-refractivity contribution is 7.13. The second-order valence-corrected chi connectivity index (χ2v) is 7.22. The van der Waals surface area contributed by atoms with Crippen molar-refractivity contribution < 1.29 is 4.79 Å². The Kier molecular flexibility index (Phi) is 5.00. The molecule has 112 valence electrons. The number of carbonyl (C=O) groups is 1. The lowest BCUT2D eigenvalue weighted by Gasteiger charge is -2.31. The summed E-state index contributed by atoms with van der Waals surface area (Å²) in [6.45, 7) is 3.01. The standard InChI is InChI=1S/C15H19N3OS2/c19-14(17-15-16-6-10-21-15)12-3-1-7-18(11-12)8-5-13-4-2-9-20-13/h2,4,6,9-10,12H,1,3,5,7-8,11H2,(H,16,17,19)/t12-/m1/s1. The van der Waals surface area contributed by atoms with Crippen molar-refractivity contribution in [3.05, 3.63) is 34.0 Å². The SMILES string of the molecule is O=C(Nc1nccs1)[C@@H]1CCCN(CCc2cccs2)C1. The highest BCUT2D eigenvalue weighted by atomic mass is 32.1. The van der Waals surface area contributed by atoms with Crippen molar-refractivity contribution in [2.75, 3.05) is 25.0 Å². The molecule has 0 spiro atoms. The van der Waals surface area contributed by atoms with Crippen LogP contribution in [0.15, 0.2) is 29.1 Å². The van der Waals surface area contributed by atoms with Crippen LogP contribution in [-0.4, -0.2) is 35.4 Å². The molecule has 2 aromatic rings. The predicted molar refractivity (Wildman–Crippen MR) is 87.9 cm³/mol. The molecule has 4 nitrogen and oxygen atoms in total. The van der Waals surface area contributed by atoms with E-state index in [-0.39, 0.29) is 11.8 Å². The number of nitrogens with one attached hydrogen (secondary N) is 1. The van der Waals surface area contributed by atoms with Gasteiger partial charge < -0.3 is 10.2 Å². The van der Waals surface area contributed by atoms with Crippen LogP contribution in [0.3, 0.4) is 0 Å². The molecule has 1 atom stereocenters. The van der Waals surface area contributed by atoms with Crippen molar-refractivity contribution in [3.8, 4) is 0 Å². The number of anilines is 1. The first-order chi connectivity index (χ1) is 10.3. The van der Waals surface area contributed by atoms with Gasteiger partial charge in [-0.1, -0.05) is 6.07 Å². The molecule has 0 radical (unpaired) electrons. The summed E-state index contributed by atoms with van der Waals surface area (Å²) in [6.07, 6.45) is 4.88. The number of thiophene rings is 1. The maximum atomic E-state index is 12.3. The Bertz CT molecular complexity index is 554. The van der Waals surface area contributed by atoms with Gasteiger partial charge in [0.25, 0.3) is 0 Å². The van der Waals surface area contributed by atoms with Crippen molar-refractivity contribution in [1.29, 1.82) is 0 Å². The summed E-state index contributed by atoms with van der Waals surface area (Å²) in [5.41, 5.74) is 0. The van der Waals surface area contributed by atoms with Gasteiger partial charge in [0.05, 0.1) is 5.92 Å². The van der Waals surface area contributed by atoms with Crippen LogP contribution in [0.2, 0.25) is 0 Å². The molecular formula is C15H19N3OS2. The van der Waals surface area contributed by atoms with E-state index >= 15 is 0 Å². The largest absolute Gasteiger partial charge is 0.302 e. The number of piperidine rings is 1. The van der Waals surface area contributed by atoms with Crippen LogP contribution < -0.4 is 5.32 Å². The number of hydrogen-bond donors (Lipinski definition) is 1. The minimum atomic E-state index is 0.0889. The third kappa shape index (κ3) is 4.12. The molecule has 3 rings (SSSR count). The minimum Gasteiger partial charge on any atom is -0.302 e. The van der Waals surface area contributed by atoms with Gasteiger partial charge in [-0.2, -0.15) is 0 Å². The average molecular weight is 321 g/mol. The normalized spacial score (nSPS) is 19.5. The zero-order valence-electron chi connectivity index (χ0n) is 11.8. The molecule has 1 saturated heterocycles. The summed E-state index contributed by atoms with van der Waals surface area (Å²) >= 11 is 3.28. The van der Waals surface area contributed by atoms with Crippen molar-refractivity contribution in [1.82, 2.24) is 9.88 Å². The van der Waals surface area contributed by atoms with Gasteiger partial charge >= 0.3 is 0 Å². The molecular weight excluding hydrogens is 302 g/mol. The molecule has 0 unspecified atom stereocenters. The summed E-state index contributed by atoms with van der Waals surface area (Å²) < 4.78 is 0. The van der Waals surface area contributed by atoms with Gasteiger partial charge in [0.2, 0.25) is 5.91 Å². The summed E-state index contributed by atoms with van der Waals surface area (Å²) in [5.74, 6) is 0.205. The quantitative estimate of drug-likeness (QED) is 0.920. The number of thiazole rings is 1. The van der Waals surface area contributed by atoms with Gasteiger partial charge in [0, 0.05) is 29.5 Å². The Hall–Kier alpha value is -1.24. The van der Waals surface area contributed by atoms with Crippen molar-refractivity contribution in [2.24, 2.45) is 5.92 Å². The van der Waals surface area contributed by atoms with E-state index in [9.17, 15) is 4.79 Å². The smallest absolute Gasteiger partial charge is 0.230 e. The fraction of sp³-hybridized carbons (Fsp3) is 0.467. The first-order valence-corrected chi connectivity index (χ1v) is 9.02. The van der Waals surface area contributed by atoms with Gasteiger partial charge in [-0.05, 0) is 37.3 Å². The molecule has 6 heteroatoms. The topological polar surface area (TPSA) is 45.2 Å². The van der Waals surface area contributed by atoms with Gasteiger partial charge in [0.15, 0.2) is 5.13 Å². The Morgan fingerprint density at radius 3 is 3.14 bits per heavy atom. The molecule has 1 N–H and O–H groups in total. The molecule has 1 fully saturated rings. The van der Waals surface area contributed by atoms with E-state index in [0.29, 0.717) is 5.13 Å². The molecule has 0 saturated carbocycles. The monoisotopic (exact) mass is 321 g/mol. The van der Waals surface area contributed by atoms with Crippen LogP contribution in [0, 0.1) is 5.92 Å². The van der Waals surface area contributed by atoms with Gasteiger partial charge in [-0.15, -0.1) is 22.7 Å². The number of rotatable bonds is 5. The molecule has 3 heterocycles. The fourth-order valence-corrected chi connectivity index (χ4v) is 3.92. The van der Waals surface area contributed by atoms with Crippen LogP contribution >= 0.6 is 22.7 Å². The summed E-state index contributed by atoms with van der Waals surface area (Å²) in [7, 11) is 0. The third-order valence-corrected chi connectivity index (χ3v) is 5.42. The van der Waals surface area contributed by atoms with E-state index in [1.165, 1.54) is 16.2 Å². The number of carbonyl (C=O) groups excluding carboxylic acids is 1. The molecule has 1 amide bonds. The zero-order chi connectivity index (χ0) is 14.5. The lowest BCUT2D eigenvalue weighted by Crippen LogP contribution is -2.41. The summed E-state index contributed by atoms with van der Waals surface area (Å²) in [6, 6.07) is 4.28. The van der Waals surface area contributed by atoms with E-state index in [0.717, 1.165) is 38.9 Å². The summed E-state index contributed by atoms with van der Waals surface area (Å²) in [5, 5.41) is 7.63. The van der Waals surface area contributed by atoms with Gasteiger partial charge in [0.1, 0.15) is 0 Å². The highest BCUT2D eigenvalue weighted by Gasteiger charge is 2.26. The van der Waals surface area contributed by atoms with E-state index in [1.807, 2.05) is 16.7 Å². The second-order valence-electron chi connectivity index (χ2n) is 5.30. The van der Waals surface area contributed by atoms with Gasteiger partial charge in [-0.25, -0.2) is 4.98 Å². The Morgan fingerprint density at radius 1 is 1.43 bits per heavy atom. The average Bonchev–Trinajstić information content (AvgIpc) is 3.19. The van der Waals surface area contributed by atoms with Crippen molar-refractivity contribution >= 4 is 33.7 Å². The minimum absolute atomic E-state index is 0.0889. The molecule has 1 aliphatic rings. The molecule has 0 aliphatic carbocycles. The first-order valence-electron chi connectivity index (χ1n) is 7.26. The lowest BCUT2D eigenvalue weighted by atomic mass is 9.97. The third-order valence-electron chi connectivity index (χ3n) is 3.79. The van der Waals surface area contributed by atoms with E-state index < -0.39 is 0 Å². The number of nitrogens with zero attached hydrogens (tertiary/aromatic N) is 2. The second kappa shape index (κ2) is 7.15. The van der Waals surface area contributed by atoms with Crippen LogP contribution in [0.4, 0.5) is 5.13 Å². The first kappa shape index (κ1) is 14.7. The van der Waals surface area contributed by atoms with Crippen molar-refractivity contribution in [2.45, 2.75) is 19.3 Å².